The number of hydrogen-bond donors (Lipinski definition) is 0. The van der Waals surface area contributed by atoms with Crippen LogP contribution < -0.4 is 4.90 Å². The lowest BCUT2D eigenvalue weighted by molar-refractivity contribution is 0.720. The largest absolute Gasteiger partial charge is 0.354 e. The Hall–Kier alpha value is -0.640. The van der Waals surface area contributed by atoms with Gasteiger partial charge in [-0.2, -0.15) is 5.10 Å². The smallest absolute Gasteiger partial charge is 0.151 e. The van der Waals surface area contributed by atoms with Crippen LogP contribution in [-0.4, -0.2) is 28.6 Å². The van der Waals surface area contributed by atoms with E-state index in [1.54, 1.807) is 6.20 Å². The predicted molar refractivity (Wildman–Crippen MR) is 67.7 cm³/mol. The fourth-order valence-electron chi connectivity index (χ4n) is 1.40. The molecule has 0 amide bonds. The van der Waals surface area contributed by atoms with Crippen LogP contribution in [0.3, 0.4) is 0 Å². The van der Waals surface area contributed by atoms with E-state index in [1.807, 2.05) is 6.92 Å². The third-order valence-corrected chi connectivity index (χ3v) is 2.59. The fraction of sp³-hybridized carbons (Fsp3) is 0.636. The molecule has 4 heteroatoms. The third kappa shape index (κ3) is 4.16. The number of hydrogen-bond acceptors (Lipinski definition) is 3. The van der Waals surface area contributed by atoms with Crippen molar-refractivity contribution in [1.29, 1.82) is 0 Å². The molecule has 1 heterocycles. The maximum absolute atomic E-state index is 4.17. The van der Waals surface area contributed by atoms with Gasteiger partial charge in [0.2, 0.25) is 0 Å². The summed E-state index contributed by atoms with van der Waals surface area (Å²) in [6, 6.07) is 2.09. The van der Waals surface area contributed by atoms with Gasteiger partial charge < -0.3 is 4.90 Å². The average molecular weight is 272 g/mol. The summed E-state index contributed by atoms with van der Waals surface area (Å²) in [5.74, 6) is 0.989. The molecule has 0 saturated carbocycles. The van der Waals surface area contributed by atoms with Crippen molar-refractivity contribution in [1.82, 2.24) is 10.2 Å². The van der Waals surface area contributed by atoms with E-state index in [2.05, 4.69) is 44.0 Å². The molecular weight excluding hydrogens is 254 g/mol. The molecule has 0 atom stereocenters. The second-order valence-corrected chi connectivity index (χ2v) is 4.41. The molecule has 0 aromatic carbocycles. The molecule has 0 spiro atoms. The molecule has 0 N–H and O–H groups in total. The summed E-state index contributed by atoms with van der Waals surface area (Å²) in [5, 5.41) is 9.12. The Morgan fingerprint density at radius 3 is 2.80 bits per heavy atom. The van der Waals surface area contributed by atoms with Crippen molar-refractivity contribution in [2.24, 2.45) is 0 Å². The zero-order valence-corrected chi connectivity index (χ0v) is 11.0. The minimum absolute atomic E-state index is 0.965. The molecule has 0 fully saturated rings. The highest BCUT2D eigenvalue weighted by atomic mass is 79.9. The monoisotopic (exact) mass is 271 g/mol. The maximum Gasteiger partial charge on any atom is 0.151 e. The molecular formula is C11H18BrN3. The molecule has 0 unspecified atom stereocenters. The first kappa shape index (κ1) is 12.4. The number of alkyl halides is 1. The lowest BCUT2D eigenvalue weighted by Crippen LogP contribution is -2.27. The van der Waals surface area contributed by atoms with Gasteiger partial charge in [-0.15, -0.1) is 5.10 Å². The van der Waals surface area contributed by atoms with Crippen molar-refractivity contribution in [3.05, 3.63) is 17.8 Å². The number of anilines is 1. The molecule has 84 valence electrons. The van der Waals surface area contributed by atoms with Crippen molar-refractivity contribution < 1.29 is 0 Å². The third-order valence-electron chi connectivity index (χ3n) is 2.24. The van der Waals surface area contributed by atoms with Crippen molar-refractivity contribution in [2.75, 3.05) is 23.3 Å². The molecule has 1 aromatic heterocycles. The average Bonchev–Trinajstić information content (AvgIpc) is 2.24. The Labute approximate surface area is 100 Å². The summed E-state index contributed by atoms with van der Waals surface area (Å²) < 4.78 is 0. The van der Waals surface area contributed by atoms with Crippen LogP contribution in [0.2, 0.25) is 0 Å². The summed E-state index contributed by atoms with van der Waals surface area (Å²) in [7, 11) is 0. The van der Waals surface area contributed by atoms with Gasteiger partial charge in [-0.3, -0.25) is 0 Å². The lowest BCUT2D eigenvalue weighted by Gasteiger charge is -2.22. The lowest BCUT2D eigenvalue weighted by atomic mass is 10.3. The predicted octanol–water partition coefficient (Wildman–Crippen LogP) is 2.79. The number of rotatable bonds is 6. The van der Waals surface area contributed by atoms with Crippen LogP contribution in [0.25, 0.3) is 0 Å². The van der Waals surface area contributed by atoms with E-state index in [9.17, 15) is 0 Å². The van der Waals surface area contributed by atoms with Gasteiger partial charge in [-0.05, 0) is 25.0 Å². The fourth-order valence-corrected chi connectivity index (χ4v) is 1.82. The standard InChI is InChI=1S/C11H18BrN3/c1-3-4-6-15(7-5-12)11-8-10(2)9-13-14-11/h8-9H,3-7H2,1-2H3. The van der Waals surface area contributed by atoms with Gasteiger partial charge in [-0.25, -0.2) is 0 Å². The van der Waals surface area contributed by atoms with Crippen LogP contribution in [-0.2, 0) is 0 Å². The van der Waals surface area contributed by atoms with Gasteiger partial charge in [0.05, 0.1) is 6.20 Å². The Bertz CT molecular complexity index is 291. The van der Waals surface area contributed by atoms with Crippen LogP contribution >= 0.6 is 15.9 Å². The highest BCUT2D eigenvalue weighted by molar-refractivity contribution is 9.09. The van der Waals surface area contributed by atoms with E-state index in [0.717, 1.165) is 29.8 Å². The number of halogens is 1. The molecule has 0 radical (unpaired) electrons. The molecule has 1 rings (SSSR count). The summed E-state index contributed by atoms with van der Waals surface area (Å²) in [6.07, 6.45) is 4.19. The van der Waals surface area contributed by atoms with Crippen molar-refractivity contribution >= 4 is 21.7 Å². The Balaban J connectivity index is 2.69. The summed E-state index contributed by atoms with van der Waals surface area (Å²) >= 11 is 3.47. The van der Waals surface area contributed by atoms with Crippen LogP contribution in [0.5, 0.6) is 0 Å². The van der Waals surface area contributed by atoms with E-state index >= 15 is 0 Å². The first-order valence-electron chi connectivity index (χ1n) is 5.38. The number of aromatic nitrogens is 2. The van der Waals surface area contributed by atoms with Crippen molar-refractivity contribution in [3.63, 3.8) is 0 Å². The second kappa shape index (κ2) is 6.77. The van der Waals surface area contributed by atoms with Gasteiger partial charge >= 0.3 is 0 Å². The Morgan fingerprint density at radius 2 is 2.20 bits per heavy atom. The van der Waals surface area contributed by atoms with E-state index in [-0.39, 0.29) is 0 Å². The van der Waals surface area contributed by atoms with E-state index in [4.69, 9.17) is 0 Å². The van der Waals surface area contributed by atoms with Crippen LogP contribution in [0, 0.1) is 6.92 Å². The molecule has 0 bridgehead atoms. The highest BCUT2D eigenvalue weighted by Crippen LogP contribution is 2.12. The Kier molecular flexibility index (Phi) is 5.61. The molecule has 0 aliphatic rings. The van der Waals surface area contributed by atoms with Gasteiger partial charge in [-0.1, -0.05) is 29.3 Å². The second-order valence-electron chi connectivity index (χ2n) is 3.62. The van der Waals surface area contributed by atoms with E-state index in [1.165, 1.54) is 12.8 Å². The van der Waals surface area contributed by atoms with Crippen molar-refractivity contribution in [3.8, 4) is 0 Å². The number of nitrogens with zero attached hydrogens (tertiary/aromatic N) is 3. The molecule has 0 aliphatic carbocycles. The molecule has 0 saturated heterocycles. The summed E-state index contributed by atoms with van der Waals surface area (Å²) in [4.78, 5) is 2.28. The quantitative estimate of drug-likeness (QED) is 0.746. The molecule has 3 nitrogen and oxygen atoms in total. The van der Waals surface area contributed by atoms with Gasteiger partial charge in [0.15, 0.2) is 5.82 Å². The first-order chi connectivity index (χ1) is 7.27. The van der Waals surface area contributed by atoms with Gasteiger partial charge in [0.25, 0.3) is 0 Å². The van der Waals surface area contributed by atoms with Gasteiger partial charge in [0, 0.05) is 18.4 Å². The zero-order valence-electron chi connectivity index (χ0n) is 9.41. The molecule has 15 heavy (non-hydrogen) atoms. The number of unbranched alkanes of at least 4 members (excludes halogenated alkanes) is 1. The minimum Gasteiger partial charge on any atom is -0.354 e. The minimum atomic E-state index is 0.965. The highest BCUT2D eigenvalue weighted by Gasteiger charge is 2.06. The van der Waals surface area contributed by atoms with Crippen LogP contribution in [0.1, 0.15) is 25.3 Å². The van der Waals surface area contributed by atoms with Crippen LogP contribution in [0.4, 0.5) is 5.82 Å². The van der Waals surface area contributed by atoms with Gasteiger partial charge in [0.1, 0.15) is 0 Å². The number of aryl methyl sites for hydroxylation is 1. The maximum atomic E-state index is 4.17. The van der Waals surface area contributed by atoms with E-state index in [0.29, 0.717) is 0 Å². The molecule has 1 aromatic rings. The SMILES string of the molecule is CCCCN(CCBr)c1cc(C)cnn1. The molecule has 0 aliphatic heterocycles. The zero-order chi connectivity index (χ0) is 11.1. The summed E-state index contributed by atoms with van der Waals surface area (Å²) in [5.41, 5.74) is 1.16. The summed E-state index contributed by atoms with van der Waals surface area (Å²) in [6.45, 7) is 6.29. The Morgan fingerprint density at radius 1 is 1.40 bits per heavy atom. The topological polar surface area (TPSA) is 29.0 Å². The first-order valence-corrected chi connectivity index (χ1v) is 6.50. The van der Waals surface area contributed by atoms with E-state index < -0.39 is 0 Å². The normalized spacial score (nSPS) is 10.3. The van der Waals surface area contributed by atoms with Crippen molar-refractivity contribution in [2.45, 2.75) is 26.7 Å². The van der Waals surface area contributed by atoms with Crippen LogP contribution in [0.15, 0.2) is 12.3 Å².